The molecule has 1 atom stereocenters. The molecule has 0 fully saturated rings. The summed E-state index contributed by atoms with van der Waals surface area (Å²) in [4.78, 5) is 0. The van der Waals surface area contributed by atoms with Crippen LogP contribution in [0.2, 0.25) is 0 Å². The number of fused-ring (bicyclic) bond motifs is 11. The van der Waals surface area contributed by atoms with Crippen LogP contribution in [-0.4, -0.2) is 6.61 Å². The van der Waals surface area contributed by atoms with Crippen molar-refractivity contribution in [3.63, 3.8) is 0 Å². The molecule has 0 aliphatic carbocycles. The Balaban J connectivity index is 1.15. The highest BCUT2D eigenvalue weighted by Gasteiger charge is 2.29. The summed E-state index contributed by atoms with van der Waals surface area (Å²) < 4.78 is 15.5. The molecular weight excluding hydrogens is 665 g/mol. The summed E-state index contributed by atoms with van der Waals surface area (Å²) in [5.41, 5.74) is 9.43. The molecule has 0 radical (unpaired) electrons. The first kappa shape index (κ1) is 29.2. The second-order valence-electron chi connectivity index (χ2n) is 14.2. The van der Waals surface area contributed by atoms with Crippen molar-refractivity contribution in [1.29, 1.82) is 0 Å². The molecule has 11 aromatic rings. The predicted molar refractivity (Wildman–Crippen MR) is 224 cm³/mol. The average Bonchev–Trinajstić information content (AvgIpc) is 3.92. The molecule has 0 saturated heterocycles. The zero-order valence-corrected chi connectivity index (χ0v) is 29.4. The topological polar surface area (TPSA) is 22.4 Å². The van der Waals surface area contributed by atoms with Crippen molar-refractivity contribution in [2.75, 3.05) is 6.61 Å². The number of benzene rings is 9. The molecule has 0 saturated carbocycles. The maximum atomic E-state index is 6.56. The average molecular weight is 695 g/mol. The summed E-state index contributed by atoms with van der Waals surface area (Å²) in [6, 6.07) is 59.7. The number of thiophene rings is 1. The molecule has 12 rings (SSSR count). The van der Waals surface area contributed by atoms with Crippen LogP contribution in [0.3, 0.4) is 0 Å². The van der Waals surface area contributed by atoms with Gasteiger partial charge in [-0.15, -0.1) is 11.3 Å². The molecule has 1 aliphatic rings. The highest BCUT2D eigenvalue weighted by molar-refractivity contribution is 7.26. The van der Waals surface area contributed by atoms with Gasteiger partial charge < -0.3 is 9.15 Å². The van der Waals surface area contributed by atoms with Crippen LogP contribution in [0.5, 0.6) is 5.75 Å². The number of hydrogen-bond donors (Lipinski definition) is 0. The summed E-state index contributed by atoms with van der Waals surface area (Å²) in [6.07, 6.45) is 0. The monoisotopic (exact) mass is 694 g/mol. The molecule has 1 unspecified atom stereocenters. The first-order valence-electron chi connectivity index (χ1n) is 18.2. The lowest BCUT2D eigenvalue weighted by molar-refractivity contribution is 0.343. The lowest BCUT2D eigenvalue weighted by atomic mass is 9.83. The summed E-state index contributed by atoms with van der Waals surface area (Å²) in [5.74, 6) is 1.24. The van der Waals surface area contributed by atoms with Crippen molar-refractivity contribution in [3.8, 4) is 28.0 Å². The molecule has 1 aliphatic heterocycles. The van der Waals surface area contributed by atoms with E-state index in [0.717, 1.165) is 22.3 Å². The van der Waals surface area contributed by atoms with E-state index in [9.17, 15) is 0 Å². The van der Waals surface area contributed by atoms with Gasteiger partial charge in [0.15, 0.2) is 0 Å². The lowest BCUT2D eigenvalue weighted by Crippen LogP contribution is -2.02. The number of rotatable bonds is 3. The third kappa shape index (κ3) is 4.14. The largest absolute Gasteiger partial charge is 0.492 e. The van der Waals surface area contributed by atoms with E-state index < -0.39 is 0 Å². The fraction of sp³-hybridized carbons (Fsp3) is 0.0400. The SMILES string of the molecule is c1ccc(C2COc3ccc4c(sc5cc(-c6c7ccccc7c(-c7c8ccccc8cc8oc9ccccc9c78)c7ccccc67)ccc54)c32)cc1. The van der Waals surface area contributed by atoms with Crippen LogP contribution in [0.4, 0.5) is 0 Å². The van der Waals surface area contributed by atoms with Gasteiger partial charge in [0.1, 0.15) is 16.9 Å². The summed E-state index contributed by atoms with van der Waals surface area (Å²) in [5, 5.41) is 12.3. The van der Waals surface area contributed by atoms with E-state index >= 15 is 0 Å². The minimum absolute atomic E-state index is 0.232. The van der Waals surface area contributed by atoms with Gasteiger partial charge in [0.25, 0.3) is 0 Å². The van der Waals surface area contributed by atoms with Crippen LogP contribution in [0.15, 0.2) is 168 Å². The molecule has 248 valence electrons. The Morgan fingerprint density at radius 2 is 1.11 bits per heavy atom. The summed E-state index contributed by atoms with van der Waals surface area (Å²) in [6.45, 7) is 0.680. The minimum atomic E-state index is 0.232. The van der Waals surface area contributed by atoms with Crippen molar-refractivity contribution in [2.45, 2.75) is 5.92 Å². The van der Waals surface area contributed by atoms with E-state index in [-0.39, 0.29) is 5.92 Å². The van der Waals surface area contributed by atoms with Crippen LogP contribution < -0.4 is 4.74 Å². The molecule has 9 aromatic carbocycles. The highest BCUT2D eigenvalue weighted by atomic mass is 32.1. The Morgan fingerprint density at radius 1 is 0.472 bits per heavy atom. The zero-order valence-electron chi connectivity index (χ0n) is 28.6. The Hall–Kier alpha value is -6.42. The van der Waals surface area contributed by atoms with Crippen molar-refractivity contribution in [1.82, 2.24) is 0 Å². The standard InChI is InChI=1S/C50H30O2S/c1-2-12-29(13-3-1)40-28-51-42-25-24-38-33-23-22-31(27-44(33)53-50(38)48(40)42)45-34-16-6-8-18-36(34)46(37-19-9-7-17-35(37)45)49-32-15-5-4-14-30(32)26-43-47(49)39-20-10-11-21-41(39)52-43/h1-27,40H,28H2. The third-order valence-corrected chi connectivity index (χ3v) is 12.7. The second-order valence-corrected chi connectivity index (χ2v) is 15.3. The fourth-order valence-electron chi connectivity index (χ4n) is 9.18. The lowest BCUT2D eigenvalue weighted by Gasteiger charge is -2.19. The van der Waals surface area contributed by atoms with E-state index in [1.165, 1.54) is 91.3 Å². The molecular formula is C50H30O2S. The normalized spacial score (nSPS) is 14.3. The molecule has 0 bridgehead atoms. The van der Waals surface area contributed by atoms with Crippen LogP contribution in [-0.2, 0) is 0 Å². The van der Waals surface area contributed by atoms with E-state index in [1.54, 1.807) is 0 Å². The van der Waals surface area contributed by atoms with E-state index in [1.807, 2.05) is 11.3 Å². The maximum Gasteiger partial charge on any atom is 0.136 e. The number of furan rings is 1. The predicted octanol–water partition coefficient (Wildman–Crippen LogP) is 14.3. The van der Waals surface area contributed by atoms with Crippen molar-refractivity contribution in [3.05, 3.63) is 175 Å². The first-order valence-corrected chi connectivity index (χ1v) is 19.1. The van der Waals surface area contributed by atoms with Gasteiger partial charge in [0.2, 0.25) is 0 Å². The van der Waals surface area contributed by atoms with Crippen LogP contribution in [0.25, 0.3) is 96.7 Å². The zero-order chi connectivity index (χ0) is 34.6. The van der Waals surface area contributed by atoms with Gasteiger partial charge in [0.05, 0.1) is 6.61 Å². The molecule has 2 nitrogen and oxygen atoms in total. The third-order valence-electron chi connectivity index (χ3n) is 11.5. The molecule has 2 aromatic heterocycles. The van der Waals surface area contributed by atoms with E-state index in [2.05, 4.69) is 164 Å². The molecule has 0 amide bonds. The number of hydrogen-bond acceptors (Lipinski definition) is 3. The number of para-hydroxylation sites is 1. The highest BCUT2D eigenvalue weighted by Crippen LogP contribution is 2.51. The van der Waals surface area contributed by atoms with Crippen molar-refractivity contribution < 1.29 is 9.15 Å². The fourth-order valence-corrected chi connectivity index (χ4v) is 10.5. The van der Waals surface area contributed by atoms with Gasteiger partial charge in [0, 0.05) is 48.0 Å². The maximum absolute atomic E-state index is 6.56. The Morgan fingerprint density at radius 3 is 1.89 bits per heavy atom. The Labute approximate surface area is 309 Å². The van der Waals surface area contributed by atoms with Crippen LogP contribution >= 0.6 is 11.3 Å². The van der Waals surface area contributed by atoms with Gasteiger partial charge in [-0.05, 0) is 84.9 Å². The summed E-state index contributed by atoms with van der Waals surface area (Å²) >= 11 is 1.90. The molecule has 0 N–H and O–H groups in total. The van der Waals surface area contributed by atoms with Gasteiger partial charge in [-0.1, -0.05) is 133 Å². The van der Waals surface area contributed by atoms with Crippen LogP contribution in [0, 0.1) is 0 Å². The smallest absolute Gasteiger partial charge is 0.136 e. The molecule has 3 heteroatoms. The van der Waals surface area contributed by atoms with Gasteiger partial charge >= 0.3 is 0 Å². The minimum Gasteiger partial charge on any atom is -0.492 e. The summed E-state index contributed by atoms with van der Waals surface area (Å²) in [7, 11) is 0. The van der Waals surface area contributed by atoms with E-state index in [0.29, 0.717) is 6.61 Å². The van der Waals surface area contributed by atoms with Gasteiger partial charge in [-0.2, -0.15) is 0 Å². The second kappa shape index (κ2) is 11.0. The number of ether oxygens (including phenoxy) is 1. The van der Waals surface area contributed by atoms with Gasteiger partial charge in [-0.3, -0.25) is 0 Å². The Kier molecular flexibility index (Phi) is 6.08. The van der Waals surface area contributed by atoms with Crippen molar-refractivity contribution >= 4 is 85.8 Å². The van der Waals surface area contributed by atoms with E-state index in [4.69, 9.17) is 9.15 Å². The van der Waals surface area contributed by atoms with Crippen LogP contribution in [0.1, 0.15) is 17.0 Å². The molecule has 53 heavy (non-hydrogen) atoms. The Bertz CT molecular complexity index is 3240. The molecule has 0 spiro atoms. The first-order chi connectivity index (χ1) is 26.3. The quantitative estimate of drug-likeness (QED) is 0.172. The van der Waals surface area contributed by atoms with Gasteiger partial charge in [-0.25, -0.2) is 0 Å². The molecule has 3 heterocycles. The van der Waals surface area contributed by atoms with Crippen molar-refractivity contribution in [2.24, 2.45) is 0 Å².